The van der Waals surface area contributed by atoms with Crippen LogP contribution in [0.2, 0.25) is 0 Å². The van der Waals surface area contributed by atoms with Crippen LogP contribution in [0.25, 0.3) is 33.4 Å². The lowest BCUT2D eigenvalue weighted by Gasteiger charge is -2.11. The Morgan fingerprint density at radius 2 is 1.45 bits per heavy atom. The molecule has 0 fully saturated rings. The van der Waals surface area contributed by atoms with Crippen LogP contribution in [0.15, 0.2) is 60.8 Å². The van der Waals surface area contributed by atoms with Crippen molar-refractivity contribution in [2.45, 2.75) is 39.5 Å². The molecule has 1 N–H and O–H groups in total. The van der Waals surface area contributed by atoms with Crippen molar-refractivity contribution in [3.63, 3.8) is 0 Å². The first-order valence-electron chi connectivity index (χ1n) is 11.1. The topological polar surface area (TPSA) is 60.0 Å². The predicted octanol–water partition coefficient (Wildman–Crippen LogP) is 6.65. The van der Waals surface area contributed by atoms with E-state index in [0.717, 1.165) is 70.6 Å². The molecule has 4 rings (SSSR count). The molecule has 5 nitrogen and oxygen atoms in total. The Hall–Kier alpha value is -3.34. The van der Waals surface area contributed by atoms with E-state index in [0.29, 0.717) is 13.2 Å². The number of hydrogen-bond acceptors (Lipinski definition) is 4. The van der Waals surface area contributed by atoms with Gasteiger partial charge in [-0.2, -0.15) is 5.10 Å². The van der Waals surface area contributed by atoms with Gasteiger partial charge in [0.25, 0.3) is 0 Å². The first kappa shape index (κ1) is 20.9. The van der Waals surface area contributed by atoms with E-state index in [1.165, 1.54) is 0 Å². The summed E-state index contributed by atoms with van der Waals surface area (Å²) >= 11 is 0. The van der Waals surface area contributed by atoms with Crippen molar-refractivity contribution >= 4 is 10.8 Å². The van der Waals surface area contributed by atoms with E-state index in [2.05, 4.69) is 47.2 Å². The monoisotopic (exact) mass is 415 g/mol. The SMILES string of the molecule is CCCCOc1cc(OCCCC)cc(-c2cc(-c3cc4ccccc4cn3)[nH]n2)c1. The van der Waals surface area contributed by atoms with Crippen molar-refractivity contribution < 1.29 is 9.47 Å². The summed E-state index contributed by atoms with van der Waals surface area (Å²) in [4.78, 5) is 4.60. The van der Waals surface area contributed by atoms with Crippen LogP contribution in [-0.4, -0.2) is 28.4 Å². The minimum Gasteiger partial charge on any atom is -0.493 e. The second-order valence-corrected chi connectivity index (χ2v) is 7.68. The van der Waals surface area contributed by atoms with Gasteiger partial charge in [-0.3, -0.25) is 10.1 Å². The Morgan fingerprint density at radius 1 is 0.774 bits per heavy atom. The molecule has 0 saturated carbocycles. The summed E-state index contributed by atoms with van der Waals surface area (Å²) in [5, 5.41) is 9.95. The van der Waals surface area contributed by atoms with Crippen molar-refractivity contribution in [3.05, 3.63) is 60.8 Å². The summed E-state index contributed by atoms with van der Waals surface area (Å²) in [6.07, 6.45) is 6.14. The van der Waals surface area contributed by atoms with Gasteiger partial charge in [-0.15, -0.1) is 0 Å². The molecule has 2 heterocycles. The molecule has 0 atom stereocenters. The van der Waals surface area contributed by atoms with Crippen molar-refractivity contribution in [2.24, 2.45) is 0 Å². The van der Waals surface area contributed by atoms with Crippen molar-refractivity contribution in [1.82, 2.24) is 15.2 Å². The molecule has 0 aliphatic heterocycles. The van der Waals surface area contributed by atoms with E-state index < -0.39 is 0 Å². The maximum atomic E-state index is 5.96. The lowest BCUT2D eigenvalue weighted by molar-refractivity contribution is 0.294. The summed E-state index contributed by atoms with van der Waals surface area (Å²) < 4.78 is 11.9. The quantitative estimate of drug-likeness (QED) is 0.295. The molecule has 5 heteroatoms. The van der Waals surface area contributed by atoms with Crippen molar-refractivity contribution in [3.8, 4) is 34.1 Å². The van der Waals surface area contributed by atoms with Crippen molar-refractivity contribution in [1.29, 1.82) is 0 Å². The van der Waals surface area contributed by atoms with Gasteiger partial charge in [0.15, 0.2) is 0 Å². The van der Waals surface area contributed by atoms with E-state index in [1.54, 1.807) is 0 Å². The Morgan fingerprint density at radius 3 is 2.13 bits per heavy atom. The Bertz CT molecular complexity index is 1110. The number of benzene rings is 2. The zero-order chi connectivity index (χ0) is 21.5. The smallest absolute Gasteiger partial charge is 0.123 e. The van der Waals surface area contributed by atoms with Crippen LogP contribution < -0.4 is 9.47 Å². The summed E-state index contributed by atoms with van der Waals surface area (Å²) in [5.41, 5.74) is 3.55. The molecule has 0 aliphatic carbocycles. The molecule has 2 aromatic carbocycles. The van der Waals surface area contributed by atoms with E-state index in [-0.39, 0.29) is 0 Å². The molecule has 31 heavy (non-hydrogen) atoms. The van der Waals surface area contributed by atoms with Crippen LogP contribution in [0.3, 0.4) is 0 Å². The fourth-order valence-corrected chi connectivity index (χ4v) is 3.39. The molecular weight excluding hydrogens is 386 g/mol. The first-order valence-corrected chi connectivity index (χ1v) is 11.1. The zero-order valence-corrected chi connectivity index (χ0v) is 18.2. The molecule has 160 valence electrons. The van der Waals surface area contributed by atoms with Crippen molar-refractivity contribution in [2.75, 3.05) is 13.2 Å². The molecule has 0 aliphatic rings. The number of aromatic amines is 1. The summed E-state index contributed by atoms with van der Waals surface area (Å²) in [6, 6.07) is 18.3. The molecule has 4 aromatic rings. The van der Waals surface area contributed by atoms with Crippen LogP contribution in [-0.2, 0) is 0 Å². The number of unbranched alkanes of at least 4 members (excludes halogenated alkanes) is 2. The zero-order valence-electron chi connectivity index (χ0n) is 18.2. The Balaban J connectivity index is 1.62. The lowest BCUT2D eigenvalue weighted by atomic mass is 10.1. The number of pyridine rings is 1. The number of aromatic nitrogens is 3. The van der Waals surface area contributed by atoms with Gasteiger partial charge in [-0.25, -0.2) is 0 Å². The van der Waals surface area contributed by atoms with E-state index in [1.807, 2.05) is 42.6 Å². The van der Waals surface area contributed by atoms with Gasteiger partial charge in [-0.1, -0.05) is 51.0 Å². The number of H-pyrrole nitrogens is 1. The molecule has 2 aromatic heterocycles. The fraction of sp³-hybridized carbons (Fsp3) is 0.308. The normalized spacial score (nSPS) is 11.0. The van der Waals surface area contributed by atoms with E-state index >= 15 is 0 Å². The van der Waals surface area contributed by atoms with Crippen LogP contribution in [0.4, 0.5) is 0 Å². The van der Waals surface area contributed by atoms with Gasteiger partial charge >= 0.3 is 0 Å². The van der Waals surface area contributed by atoms with Gasteiger partial charge < -0.3 is 9.47 Å². The Kier molecular flexibility index (Phi) is 6.82. The third-order valence-electron chi connectivity index (χ3n) is 5.19. The number of ether oxygens (including phenoxy) is 2. The standard InChI is InChI=1S/C26H29N3O2/c1-3-5-11-30-22-13-21(14-23(16-22)31-12-6-4-2)24-17-26(29-28-24)25-15-19-9-7-8-10-20(19)18-27-25/h7-10,13-18H,3-6,11-12H2,1-2H3,(H,28,29). The summed E-state index contributed by atoms with van der Waals surface area (Å²) in [5.74, 6) is 1.62. The highest BCUT2D eigenvalue weighted by Gasteiger charge is 2.11. The third kappa shape index (κ3) is 5.23. The average Bonchev–Trinajstić information content (AvgIpc) is 3.30. The summed E-state index contributed by atoms with van der Waals surface area (Å²) in [7, 11) is 0. The number of rotatable bonds is 10. The van der Waals surface area contributed by atoms with Gasteiger partial charge in [0.1, 0.15) is 11.5 Å². The highest BCUT2D eigenvalue weighted by molar-refractivity contribution is 5.85. The van der Waals surface area contributed by atoms with Crippen LogP contribution >= 0.6 is 0 Å². The number of nitrogens with zero attached hydrogens (tertiary/aromatic N) is 2. The van der Waals surface area contributed by atoms with Gasteiger partial charge in [-0.05, 0) is 42.5 Å². The number of fused-ring (bicyclic) bond motifs is 1. The largest absolute Gasteiger partial charge is 0.493 e. The van der Waals surface area contributed by atoms with E-state index in [9.17, 15) is 0 Å². The Labute approximate surface area is 183 Å². The van der Waals surface area contributed by atoms with Gasteiger partial charge in [0, 0.05) is 23.2 Å². The maximum Gasteiger partial charge on any atom is 0.123 e. The molecule has 0 spiro atoms. The van der Waals surface area contributed by atoms with Crippen LogP contribution in [0.5, 0.6) is 11.5 Å². The molecule has 0 bridgehead atoms. The highest BCUT2D eigenvalue weighted by Crippen LogP contribution is 2.31. The second kappa shape index (κ2) is 10.1. The first-order chi connectivity index (χ1) is 15.3. The highest BCUT2D eigenvalue weighted by atomic mass is 16.5. The minimum absolute atomic E-state index is 0.696. The third-order valence-corrected chi connectivity index (χ3v) is 5.19. The van der Waals surface area contributed by atoms with Gasteiger partial charge in [0.05, 0.1) is 30.3 Å². The number of nitrogens with one attached hydrogen (secondary N) is 1. The van der Waals surface area contributed by atoms with Gasteiger partial charge in [0.2, 0.25) is 0 Å². The average molecular weight is 416 g/mol. The molecule has 0 saturated heterocycles. The minimum atomic E-state index is 0.696. The van der Waals surface area contributed by atoms with Crippen LogP contribution in [0, 0.1) is 0 Å². The molecule has 0 amide bonds. The lowest BCUT2D eigenvalue weighted by Crippen LogP contribution is -2.00. The molecule has 0 radical (unpaired) electrons. The molecule has 0 unspecified atom stereocenters. The molecular formula is C26H29N3O2. The van der Waals surface area contributed by atoms with E-state index in [4.69, 9.17) is 9.47 Å². The fourth-order valence-electron chi connectivity index (χ4n) is 3.39. The maximum absolute atomic E-state index is 5.96. The summed E-state index contributed by atoms with van der Waals surface area (Å²) in [6.45, 7) is 5.71. The van der Waals surface area contributed by atoms with Crippen LogP contribution in [0.1, 0.15) is 39.5 Å². The predicted molar refractivity (Wildman–Crippen MR) is 126 cm³/mol. The second-order valence-electron chi connectivity index (χ2n) is 7.68. The number of hydrogen-bond donors (Lipinski definition) is 1.